The molecular weight excluding hydrogens is 409 g/mol. The summed E-state index contributed by atoms with van der Waals surface area (Å²) in [5.74, 6) is 0. The summed E-state index contributed by atoms with van der Waals surface area (Å²) in [6.07, 6.45) is 0. The zero-order chi connectivity index (χ0) is 0. The van der Waals surface area contributed by atoms with Crippen molar-refractivity contribution in [2.75, 3.05) is 0 Å². The first-order valence-electron chi connectivity index (χ1n) is 0. The van der Waals surface area contributed by atoms with E-state index in [2.05, 4.69) is 0 Å². The van der Waals surface area contributed by atoms with E-state index >= 15 is 0 Å². The van der Waals surface area contributed by atoms with E-state index in [9.17, 15) is 0 Å². The Morgan fingerprint density at radius 1 is 1.00 bits per heavy atom. The molecule has 0 fully saturated rings. The third kappa shape index (κ3) is 17.8. The Morgan fingerprint density at radius 2 is 1.00 bits per heavy atom. The first-order valence-corrected chi connectivity index (χ1v) is 0. The minimum absolute atomic E-state index is 0. The van der Waals surface area contributed by atoms with E-state index < -0.39 is 0 Å². The van der Waals surface area contributed by atoms with Gasteiger partial charge in [-0.25, -0.2) is 0 Å². The Balaban J connectivity index is 0. The average molecular weight is 411 g/mol. The molecule has 0 N–H and O–H groups in total. The van der Waals surface area contributed by atoms with Gasteiger partial charge in [0, 0.05) is 83.1 Å². The molecule has 0 nitrogen and oxygen atoms in total. The Kier molecular flexibility index (Phi) is 167. The fraction of sp³-hybridized carbons (Fsp3) is 0. The summed E-state index contributed by atoms with van der Waals surface area (Å²) in [5.41, 5.74) is 0. The van der Waals surface area contributed by atoms with E-state index in [-0.39, 0.29) is 135 Å². The monoisotopic (exact) mass is 409 g/mol. The van der Waals surface area contributed by atoms with Crippen molar-refractivity contribution in [2.45, 2.75) is 0 Å². The van der Waals surface area contributed by atoms with Crippen molar-refractivity contribution < 1.29 is 85.9 Å². The zero-order valence-electron chi connectivity index (χ0n) is 5.07. The van der Waals surface area contributed by atoms with Crippen molar-refractivity contribution in [1.29, 1.82) is 0 Å². The molecule has 5 heavy (non-hydrogen) atoms. The smallest absolute Gasteiger partial charge is 1.00 e. The second-order valence-corrected chi connectivity index (χ2v) is 0. The second-order valence-electron chi connectivity index (χ2n) is 0. The summed E-state index contributed by atoms with van der Waals surface area (Å²) in [7, 11) is 0. The predicted molar refractivity (Wildman–Crippen MR) is 7.98 cm³/mol. The Bertz CT molecular complexity index is 15.7. The summed E-state index contributed by atoms with van der Waals surface area (Å²) in [5, 5.41) is 0. The molecule has 0 heterocycles. The number of hydrogen-bond acceptors (Lipinski definition) is 0. The molecule has 0 rings (SSSR count). The van der Waals surface area contributed by atoms with E-state index in [0.29, 0.717) is 0 Å². The molecule has 0 aromatic carbocycles. The minimum Gasteiger partial charge on any atom is -1.00 e. The maximum Gasteiger partial charge on any atom is 2.00 e. The molecule has 0 unspecified atom stereocenters. The van der Waals surface area contributed by atoms with E-state index in [1.807, 2.05) is 0 Å². The van der Waals surface area contributed by atoms with Gasteiger partial charge in [-0.05, 0) is 0 Å². The van der Waals surface area contributed by atoms with Crippen LogP contribution < -0.4 is 0 Å². The van der Waals surface area contributed by atoms with Gasteiger partial charge in [0.2, 0.25) is 0 Å². The molecule has 0 atom stereocenters. The molecule has 0 aromatic heterocycles. The molecule has 5 heteroatoms. The van der Waals surface area contributed by atoms with Crippen LogP contribution >= 0.6 is 0 Å². The van der Waals surface area contributed by atoms with Crippen molar-refractivity contribution in [2.24, 2.45) is 0 Å². The van der Waals surface area contributed by atoms with Gasteiger partial charge in [-0.1, -0.05) is 0 Å². The van der Waals surface area contributed by atoms with Crippen molar-refractivity contribution in [3.8, 4) is 0 Å². The molecule has 0 aliphatic carbocycles. The summed E-state index contributed by atoms with van der Waals surface area (Å²) in [6.45, 7) is 0. The molecule has 0 aliphatic rings. The quantitative estimate of drug-likeness (QED) is 0.487. The van der Waals surface area contributed by atoms with Crippen LogP contribution in [0.4, 0.5) is 0 Å². The van der Waals surface area contributed by atoms with Crippen LogP contribution in [0.15, 0.2) is 0 Å². The van der Waals surface area contributed by atoms with Crippen LogP contribution in [0.1, 0.15) is 2.85 Å². The third-order valence-electron chi connectivity index (χ3n) is 0. The van der Waals surface area contributed by atoms with Crippen LogP contribution in [-0.2, 0) is 83.1 Å². The van der Waals surface area contributed by atoms with Gasteiger partial charge in [0.25, 0.3) is 0 Å². The van der Waals surface area contributed by atoms with Gasteiger partial charge in [-0.3, -0.25) is 0 Å². The first-order chi connectivity index (χ1) is 0. The number of rotatable bonds is 0. The molecule has 0 amide bonds. The van der Waals surface area contributed by atoms with Crippen LogP contribution in [0.5, 0.6) is 0 Å². The summed E-state index contributed by atoms with van der Waals surface area (Å²) < 4.78 is 0. The largest absolute Gasteiger partial charge is 2.00 e. The second kappa shape index (κ2) is 24.0. The topological polar surface area (TPSA) is 0 Å². The standard InChI is InChI=1S/Ba.Nb.Ti.2Zn.2H/q+2;;;;;2*-1. The zero-order valence-corrected chi connectivity index (χ0v) is 17.2. The molecular formula is H2BaNbTiZn2. The molecule has 1 radical (unpaired) electrons. The SMILES string of the molecule is [Ba+2].[H-].[H-].[Nb].[Ti].[Zn].[Zn]. The van der Waals surface area contributed by atoms with Gasteiger partial charge in [-0.15, -0.1) is 0 Å². The third-order valence-corrected chi connectivity index (χ3v) is 0. The maximum absolute atomic E-state index is 0. The summed E-state index contributed by atoms with van der Waals surface area (Å²) in [4.78, 5) is 0. The van der Waals surface area contributed by atoms with Gasteiger partial charge in [0.1, 0.15) is 0 Å². The summed E-state index contributed by atoms with van der Waals surface area (Å²) in [6, 6.07) is 0. The van der Waals surface area contributed by atoms with Crippen molar-refractivity contribution >= 4 is 48.9 Å². The fourth-order valence-electron chi connectivity index (χ4n) is 0. The average Bonchev–Trinajstić information content (AvgIpc) is 0. The molecule has 0 bridgehead atoms. The van der Waals surface area contributed by atoms with Gasteiger partial charge in [0.15, 0.2) is 0 Å². The van der Waals surface area contributed by atoms with E-state index in [0.717, 1.165) is 0 Å². The van der Waals surface area contributed by atoms with Crippen LogP contribution in [0, 0.1) is 0 Å². The Hall–Kier alpha value is 4.27. The fourth-order valence-corrected chi connectivity index (χ4v) is 0. The van der Waals surface area contributed by atoms with E-state index in [4.69, 9.17) is 0 Å². The van der Waals surface area contributed by atoms with E-state index in [1.54, 1.807) is 0 Å². The number of hydrogen-bond donors (Lipinski definition) is 0. The molecule has 0 saturated carbocycles. The van der Waals surface area contributed by atoms with Crippen LogP contribution in [-0.4, -0.2) is 48.9 Å². The molecule has 0 aromatic rings. The molecule has 0 spiro atoms. The van der Waals surface area contributed by atoms with Crippen LogP contribution in [0.3, 0.4) is 0 Å². The van der Waals surface area contributed by atoms with Gasteiger partial charge in [0.05, 0.1) is 0 Å². The van der Waals surface area contributed by atoms with Crippen LogP contribution in [0.2, 0.25) is 0 Å². The molecule has 17 valence electrons. The van der Waals surface area contributed by atoms with Gasteiger partial charge >= 0.3 is 48.9 Å². The predicted octanol–water partition coefficient (Wildman–Crippen LogP) is -0.166. The van der Waals surface area contributed by atoms with Crippen molar-refractivity contribution in [3.05, 3.63) is 0 Å². The maximum atomic E-state index is 0. The molecule has 0 saturated heterocycles. The molecule has 0 aliphatic heterocycles. The first kappa shape index (κ1) is 34.8. The normalized spacial score (nSPS) is 0. The summed E-state index contributed by atoms with van der Waals surface area (Å²) >= 11 is 0. The van der Waals surface area contributed by atoms with Crippen molar-refractivity contribution in [1.82, 2.24) is 0 Å². The Morgan fingerprint density at radius 3 is 1.00 bits per heavy atom. The van der Waals surface area contributed by atoms with Gasteiger partial charge < -0.3 is 2.85 Å². The Labute approximate surface area is 131 Å². The van der Waals surface area contributed by atoms with Crippen LogP contribution in [0.25, 0.3) is 0 Å². The van der Waals surface area contributed by atoms with E-state index in [1.165, 1.54) is 0 Å². The van der Waals surface area contributed by atoms with Gasteiger partial charge in [-0.2, -0.15) is 0 Å². The van der Waals surface area contributed by atoms with Crippen molar-refractivity contribution in [3.63, 3.8) is 0 Å². The minimum atomic E-state index is 0.